The summed E-state index contributed by atoms with van der Waals surface area (Å²) < 4.78 is 11.7. The molecule has 0 aromatic heterocycles. The number of benzene rings is 3. The SMILES string of the molecule is CCO[SiH](Cc1cccc2cc3ccccc3cc12)OCC. The molecule has 0 aliphatic rings. The van der Waals surface area contributed by atoms with Crippen LogP contribution in [0.5, 0.6) is 0 Å². The van der Waals surface area contributed by atoms with Crippen LogP contribution in [0.25, 0.3) is 21.5 Å². The fourth-order valence-electron chi connectivity index (χ4n) is 2.93. The maximum atomic E-state index is 5.84. The van der Waals surface area contributed by atoms with Gasteiger partial charge in [-0.15, -0.1) is 0 Å². The van der Waals surface area contributed by atoms with Crippen LogP contribution in [0.1, 0.15) is 19.4 Å². The minimum atomic E-state index is -1.63. The van der Waals surface area contributed by atoms with Gasteiger partial charge in [-0.2, -0.15) is 0 Å². The molecule has 0 N–H and O–H groups in total. The Morgan fingerprint density at radius 1 is 0.773 bits per heavy atom. The van der Waals surface area contributed by atoms with E-state index in [1.165, 1.54) is 27.1 Å². The van der Waals surface area contributed by atoms with Gasteiger partial charge in [0, 0.05) is 19.3 Å². The van der Waals surface area contributed by atoms with Crippen LogP contribution < -0.4 is 0 Å². The van der Waals surface area contributed by atoms with E-state index in [-0.39, 0.29) is 0 Å². The van der Waals surface area contributed by atoms with Crippen LogP contribution in [0, 0.1) is 0 Å². The topological polar surface area (TPSA) is 18.5 Å². The number of fused-ring (bicyclic) bond motifs is 2. The molecule has 0 atom stereocenters. The summed E-state index contributed by atoms with van der Waals surface area (Å²) in [5.41, 5.74) is 1.34. The monoisotopic (exact) mass is 310 g/mol. The lowest BCUT2D eigenvalue weighted by Crippen LogP contribution is -2.26. The summed E-state index contributed by atoms with van der Waals surface area (Å²) >= 11 is 0. The Labute approximate surface area is 133 Å². The largest absolute Gasteiger partial charge is 0.397 e. The van der Waals surface area contributed by atoms with E-state index in [1.807, 2.05) is 13.8 Å². The van der Waals surface area contributed by atoms with E-state index in [0.717, 1.165) is 19.3 Å². The van der Waals surface area contributed by atoms with Crippen LogP contribution in [-0.2, 0) is 14.9 Å². The Morgan fingerprint density at radius 3 is 2.09 bits per heavy atom. The molecule has 3 rings (SSSR count). The molecule has 0 saturated carbocycles. The second-order valence-electron chi connectivity index (χ2n) is 5.38. The molecule has 114 valence electrons. The van der Waals surface area contributed by atoms with Crippen LogP contribution in [0.2, 0.25) is 0 Å². The zero-order valence-corrected chi connectivity index (χ0v) is 14.4. The molecule has 0 aliphatic carbocycles. The zero-order valence-electron chi connectivity index (χ0n) is 13.2. The normalized spacial score (nSPS) is 11.6. The Kier molecular flexibility index (Phi) is 4.88. The maximum Gasteiger partial charge on any atom is 0.325 e. The van der Waals surface area contributed by atoms with Gasteiger partial charge >= 0.3 is 9.28 Å². The Balaban J connectivity index is 2.03. The van der Waals surface area contributed by atoms with Crippen molar-refractivity contribution in [1.29, 1.82) is 0 Å². The number of rotatable bonds is 6. The summed E-state index contributed by atoms with van der Waals surface area (Å²) in [7, 11) is -1.63. The van der Waals surface area contributed by atoms with E-state index < -0.39 is 9.28 Å². The first-order valence-corrected chi connectivity index (χ1v) is 9.71. The first-order chi connectivity index (χ1) is 10.8. The summed E-state index contributed by atoms with van der Waals surface area (Å²) in [5, 5.41) is 5.18. The Hall–Kier alpha value is -1.68. The van der Waals surface area contributed by atoms with Crippen molar-refractivity contribution in [2.75, 3.05) is 13.2 Å². The van der Waals surface area contributed by atoms with Crippen molar-refractivity contribution in [2.24, 2.45) is 0 Å². The van der Waals surface area contributed by atoms with Gasteiger partial charge in [-0.25, -0.2) is 0 Å². The van der Waals surface area contributed by atoms with Gasteiger partial charge in [-0.3, -0.25) is 0 Å². The van der Waals surface area contributed by atoms with Gasteiger partial charge in [0.25, 0.3) is 0 Å². The fourth-order valence-corrected chi connectivity index (χ4v) is 4.72. The molecule has 3 aromatic rings. The van der Waals surface area contributed by atoms with Gasteiger partial charge < -0.3 is 8.85 Å². The smallest absolute Gasteiger partial charge is 0.325 e. The highest BCUT2D eigenvalue weighted by Gasteiger charge is 2.15. The molecule has 0 unspecified atom stereocenters. The highest BCUT2D eigenvalue weighted by molar-refractivity contribution is 6.44. The molecular formula is C19H22O2Si. The zero-order chi connectivity index (χ0) is 15.4. The maximum absolute atomic E-state index is 5.84. The third kappa shape index (κ3) is 3.22. The van der Waals surface area contributed by atoms with E-state index in [4.69, 9.17) is 8.85 Å². The quantitative estimate of drug-likeness (QED) is 0.497. The van der Waals surface area contributed by atoms with Crippen LogP contribution >= 0.6 is 0 Å². The van der Waals surface area contributed by atoms with Gasteiger partial charge in [0.15, 0.2) is 0 Å². The van der Waals surface area contributed by atoms with Crippen LogP contribution in [-0.4, -0.2) is 22.5 Å². The molecule has 2 nitrogen and oxygen atoms in total. The summed E-state index contributed by atoms with van der Waals surface area (Å²) in [6.07, 6.45) is 0. The Bertz CT molecular complexity index is 764. The van der Waals surface area contributed by atoms with Gasteiger partial charge in [0.2, 0.25) is 0 Å². The van der Waals surface area contributed by atoms with Crippen LogP contribution in [0.3, 0.4) is 0 Å². The van der Waals surface area contributed by atoms with Crippen LogP contribution in [0.4, 0.5) is 0 Å². The standard InChI is InChI=1S/C19H22O2Si/c1-3-20-22(21-4-2)14-18-11-7-10-17-12-15-8-5-6-9-16(15)13-19(17)18/h5-13,22H,3-4,14H2,1-2H3. The lowest BCUT2D eigenvalue weighted by atomic mass is 10.0. The highest BCUT2D eigenvalue weighted by atomic mass is 28.3. The van der Waals surface area contributed by atoms with Gasteiger partial charge in [0.05, 0.1) is 0 Å². The third-order valence-electron chi connectivity index (χ3n) is 3.93. The summed E-state index contributed by atoms with van der Waals surface area (Å²) in [6.45, 7) is 5.53. The first kappa shape index (κ1) is 15.2. The second kappa shape index (κ2) is 7.05. The molecular weight excluding hydrogens is 288 g/mol. The Morgan fingerprint density at radius 2 is 1.41 bits per heavy atom. The van der Waals surface area contributed by atoms with E-state index >= 15 is 0 Å². The fraction of sp³-hybridized carbons (Fsp3) is 0.263. The number of hydrogen-bond donors (Lipinski definition) is 0. The lowest BCUT2D eigenvalue weighted by molar-refractivity contribution is 0.213. The molecule has 0 heterocycles. The second-order valence-corrected chi connectivity index (χ2v) is 7.32. The highest BCUT2D eigenvalue weighted by Crippen LogP contribution is 2.26. The molecule has 0 amide bonds. The van der Waals surface area contributed by atoms with Crippen molar-refractivity contribution < 1.29 is 8.85 Å². The molecule has 3 aromatic carbocycles. The molecule has 0 radical (unpaired) electrons. The van der Waals surface area contributed by atoms with E-state index in [1.54, 1.807) is 0 Å². The molecule has 0 bridgehead atoms. The molecule has 0 spiro atoms. The van der Waals surface area contributed by atoms with Crippen molar-refractivity contribution in [3.05, 3.63) is 60.2 Å². The summed E-state index contributed by atoms with van der Waals surface area (Å²) in [4.78, 5) is 0. The summed E-state index contributed by atoms with van der Waals surface area (Å²) in [5.74, 6) is 0. The summed E-state index contributed by atoms with van der Waals surface area (Å²) in [6, 6.07) is 20.5. The van der Waals surface area contributed by atoms with Crippen molar-refractivity contribution in [1.82, 2.24) is 0 Å². The van der Waals surface area contributed by atoms with Crippen molar-refractivity contribution in [3.63, 3.8) is 0 Å². The van der Waals surface area contributed by atoms with Crippen molar-refractivity contribution >= 4 is 30.8 Å². The molecule has 3 heteroatoms. The van der Waals surface area contributed by atoms with Crippen LogP contribution in [0.15, 0.2) is 54.6 Å². The van der Waals surface area contributed by atoms with Crippen molar-refractivity contribution in [3.8, 4) is 0 Å². The first-order valence-electron chi connectivity index (χ1n) is 7.95. The minimum Gasteiger partial charge on any atom is -0.397 e. The van der Waals surface area contributed by atoms with Gasteiger partial charge in [0.1, 0.15) is 0 Å². The average Bonchev–Trinajstić information content (AvgIpc) is 2.54. The van der Waals surface area contributed by atoms with E-state index in [2.05, 4.69) is 54.6 Å². The van der Waals surface area contributed by atoms with Gasteiger partial charge in [-0.1, -0.05) is 42.5 Å². The van der Waals surface area contributed by atoms with E-state index in [0.29, 0.717) is 0 Å². The predicted molar refractivity (Wildman–Crippen MR) is 95.6 cm³/mol. The molecule has 0 aliphatic heterocycles. The average molecular weight is 310 g/mol. The molecule has 0 saturated heterocycles. The molecule has 22 heavy (non-hydrogen) atoms. The lowest BCUT2D eigenvalue weighted by Gasteiger charge is -2.16. The minimum absolute atomic E-state index is 0.727. The number of hydrogen-bond acceptors (Lipinski definition) is 2. The third-order valence-corrected chi connectivity index (χ3v) is 6.11. The molecule has 0 fully saturated rings. The van der Waals surface area contributed by atoms with Gasteiger partial charge in [-0.05, 0) is 53.1 Å². The van der Waals surface area contributed by atoms with E-state index in [9.17, 15) is 0 Å². The van der Waals surface area contributed by atoms with Crippen molar-refractivity contribution in [2.45, 2.75) is 19.9 Å². The predicted octanol–water partition coefficient (Wildman–Crippen LogP) is 4.37.